The molecule has 0 atom stereocenters. The molecule has 0 unspecified atom stereocenters. The van der Waals surface area contributed by atoms with Crippen molar-refractivity contribution in [3.8, 4) is 0 Å². The Bertz CT molecular complexity index is 778. The van der Waals surface area contributed by atoms with E-state index in [-0.39, 0.29) is 11.7 Å². The Labute approximate surface area is 141 Å². The number of carbonyl (C=O) groups is 2. The first-order chi connectivity index (χ1) is 11.0. The summed E-state index contributed by atoms with van der Waals surface area (Å²) < 4.78 is 0.914. The van der Waals surface area contributed by atoms with Crippen LogP contribution in [0.5, 0.6) is 0 Å². The maximum absolute atomic E-state index is 12.5. The second-order valence-electron chi connectivity index (χ2n) is 5.28. The zero-order chi connectivity index (χ0) is 16.4. The molecule has 0 aliphatic carbocycles. The van der Waals surface area contributed by atoms with E-state index in [1.807, 2.05) is 24.3 Å². The average Bonchev–Trinajstić information content (AvgIpc) is 2.55. The third-order valence-corrected chi connectivity index (χ3v) is 4.50. The van der Waals surface area contributed by atoms with Gasteiger partial charge < -0.3 is 10.6 Å². The number of aromatic nitrogens is 2. The number of benzene rings is 1. The van der Waals surface area contributed by atoms with E-state index in [4.69, 9.17) is 5.73 Å². The molecule has 6 nitrogen and oxygen atoms in total. The summed E-state index contributed by atoms with van der Waals surface area (Å²) in [6.45, 7) is 0.935. The highest BCUT2D eigenvalue weighted by molar-refractivity contribution is 9.10. The van der Waals surface area contributed by atoms with Crippen LogP contribution in [-0.4, -0.2) is 33.2 Å². The van der Waals surface area contributed by atoms with Crippen LogP contribution in [0.3, 0.4) is 0 Å². The number of carbonyl (C=O) groups excluding carboxylic acids is 2. The summed E-state index contributed by atoms with van der Waals surface area (Å²) in [5.74, 6) is -0.744. The van der Waals surface area contributed by atoms with Gasteiger partial charge in [-0.25, -0.2) is 9.97 Å². The maximum atomic E-state index is 12.5. The van der Waals surface area contributed by atoms with Crippen molar-refractivity contribution >= 4 is 27.7 Å². The van der Waals surface area contributed by atoms with Crippen LogP contribution in [-0.2, 0) is 24.2 Å². The number of halogens is 1. The van der Waals surface area contributed by atoms with Crippen LogP contribution in [0.4, 0.5) is 0 Å². The molecule has 2 amide bonds. The molecule has 2 heterocycles. The van der Waals surface area contributed by atoms with Crippen molar-refractivity contribution in [2.24, 2.45) is 5.73 Å². The molecule has 1 aliphatic heterocycles. The normalized spacial score (nSPS) is 13.5. The summed E-state index contributed by atoms with van der Waals surface area (Å²) >= 11 is 3.45. The van der Waals surface area contributed by atoms with Gasteiger partial charge in [0.05, 0.1) is 24.9 Å². The van der Waals surface area contributed by atoms with Crippen molar-refractivity contribution in [3.63, 3.8) is 0 Å². The molecule has 0 saturated heterocycles. The fraction of sp³-hybridized carbons (Fsp3) is 0.250. The molecule has 117 valence electrons. The first-order valence-corrected chi connectivity index (χ1v) is 7.92. The number of primary amides is 1. The highest BCUT2D eigenvalue weighted by Crippen LogP contribution is 2.20. The molecule has 1 aromatic carbocycles. The first kappa shape index (κ1) is 15.6. The van der Waals surface area contributed by atoms with Crippen molar-refractivity contribution in [1.82, 2.24) is 14.9 Å². The Morgan fingerprint density at radius 1 is 1.35 bits per heavy atom. The lowest BCUT2D eigenvalue weighted by Gasteiger charge is -2.28. The summed E-state index contributed by atoms with van der Waals surface area (Å²) in [6, 6.07) is 7.64. The molecular weight excluding hydrogens is 360 g/mol. The van der Waals surface area contributed by atoms with Gasteiger partial charge in [-0.15, -0.1) is 0 Å². The van der Waals surface area contributed by atoms with Gasteiger partial charge in [0.1, 0.15) is 0 Å². The Morgan fingerprint density at radius 3 is 2.87 bits per heavy atom. The smallest absolute Gasteiger partial charge is 0.286 e. The van der Waals surface area contributed by atoms with Gasteiger partial charge in [-0.2, -0.15) is 0 Å². The van der Waals surface area contributed by atoms with Gasteiger partial charge in [0.2, 0.25) is 11.7 Å². The minimum absolute atomic E-state index is 0.0155. The summed E-state index contributed by atoms with van der Waals surface area (Å²) in [4.78, 5) is 33.4. The SMILES string of the molecule is NC(=O)c1n[c]c2c(n1)CN(C(=O)Cc1ccccc1Br)CC2. The minimum Gasteiger partial charge on any atom is -0.363 e. The molecule has 2 aromatic rings. The van der Waals surface area contributed by atoms with Crippen LogP contribution in [0.25, 0.3) is 0 Å². The maximum Gasteiger partial charge on any atom is 0.286 e. The summed E-state index contributed by atoms with van der Waals surface area (Å²) in [7, 11) is 0. The van der Waals surface area contributed by atoms with E-state index in [0.29, 0.717) is 31.6 Å². The quantitative estimate of drug-likeness (QED) is 0.876. The molecule has 1 aromatic heterocycles. The lowest BCUT2D eigenvalue weighted by Crippen LogP contribution is -2.38. The molecule has 0 fully saturated rings. The van der Waals surface area contributed by atoms with Gasteiger partial charge in [0.25, 0.3) is 5.91 Å². The second-order valence-corrected chi connectivity index (χ2v) is 6.14. The average molecular weight is 374 g/mol. The van der Waals surface area contributed by atoms with E-state index in [2.05, 4.69) is 32.1 Å². The molecule has 1 radical (unpaired) electrons. The molecule has 2 N–H and O–H groups in total. The topological polar surface area (TPSA) is 89.2 Å². The van der Waals surface area contributed by atoms with E-state index < -0.39 is 5.91 Å². The van der Waals surface area contributed by atoms with Crippen LogP contribution >= 0.6 is 15.9 Å². The number of nitrogens with two attached hydrogens (primary N) is 1. The van der Waals surface area contributed by atoms with Gasteiger partial charge in [-0.05, 0) is 18.1 Å². The number of rotatable bonds is 3. The predicted octanol–water partition coefficient (Wildman–Crippen LogP) is 1.27. The van der Waals surface area contributed by atoms with Gasteiger partial charge in [0.15, 0.2) is 0 Å². The fourth-order valence-electron chi connectivity index (χ4n) is 2.48. The first-order valence-electron chi connectivity index (χ1n) is 7.13. The molecule has 0 bridgehead atoms. The largest absolute Gasteiger partial charge is 0.363 e. The number of amides is 2. The van der Waals surface area contributed by atoms with Gasteiger partial charge >= 0.3 is 0 Å². The Morgan fingerprint density at radius 2 is 2.13 bits per heavy atom. The van der Waals surface area contributed by atoms with Crippen LogP contribution in [0, 0.1) is 6.20 Å². The van der Waals surface area contributed by atoms with E-state index in [0.717, 1.165) is 15.6 Å². The van der Waals surface area contributed by atoms with Crippen LogP contribution < -0.4 is 5.73 Å². The number of nitrogens with zero attached hydrogens (tertiary/aromatic N) is 3. The molecule has 0 spiro atoms. The van der Waals surface area contributed by atoms with E-state index >= 15 is 0 Å². The highest BCUT2D eigenvalue weighted by Gasteiger charge is 2.23. The lowest BCUT2D eigenvalue weighted by atomic mass is 10.1. The highest BCUT2D eigenvalue weighted by atomic mass is 79.9. The van der Waals surface area contributed by atoms with Crippen molar-refractivity contribution < 1.29 is 9.59 Å². The van der Waals surface area contributed by atoms with Gasteiger partial charge in [0, 0.05) is 16.6 Å². The van der Waals surface area contributed by atoms with Gasteiger partial charge in [-0.3, -0.25) is 9.59 Å². The summed E-state index contributed by atoms with van der Waals surface area (Å²) in [5, 5.41) is 0. The fourth-order valence-corrected chi connectivity index (χ4v) is 2.91. The monoisotopic (exact) mass is 373 g/mol. The van der Waals surface area contributed by atoms with Crippen LogP contribution in [0.15, 0.2) is 28.7 Å². The van der Waals surface area contributed by atoms with E-state index in [1.54, 1.807) is 4.90 Å². The van der Waals surface area contributed by atoms with Crippen LogP contribution in [0.2, 0.25) is 0 Å². The third kappa shape index (κ3) is 3.39. The number of hydrogen-bond acceptors (Lipinski definition) is 4. The molecule has 3 rings (SSSR count). The molecule has 0 saturated carbocycles. The minimum atomic E-state index is -0.694. The number of hydrogen-bond donors (Lipinski definition) is 1. The predicted molar refractivity (Wildman–Crippen MR) is 86.4 cm³/mol. The van der Waals surface area contributed by atoms with Crippen molar-refractivity contribution in [2.75, 3.05) is 6.54 Å². The zero-order valence-electron chi connectivity index (χ0n) is 12.3. The summed E-state index contributed by atoms with van der Waals surface area (Å²) in [5.41, 5.74) is 7.60. The lowest BCUT2D eigenvalue weighted by molar-refractivity contribution is -0.131. The van der Waals surface area contributed by atoms with E-state index in [1.165, 1.54) is 0 Å². The Balaban J connectivity index is 1.76. The van der Waals surface area contributed by atoms with Crippen LogP contribution in [0.1, 0.15) is 27.4 Å². The molecule has 7 heteroatoms. The zero-order valence-corrected chi connectivity index (χ0v) is 13.8. The molecule has 23 heavy (non-hydrogen) atoms. The van der Waals surface area contributed by atoms with Crippen molar-refractivity contribution in [3.05, 3.63) is 57.6 Å². The molecule has 1 aliphatic rings. The van der Waals surface area contributed by atoms with Gasteiger partial charge in [-0.1, -0.05) is 34.1 Å². The standard InChI is InChI=1S/C16H14BrN4O2/c17-12-4-2-1-3-10(12)7-14(22)21-6-5-11-8-19-16(15(18)23)20-13(11)9-21/h1-4H,5-7,9H2,(H2,18,23). The van der Waals surface area contributed by atoms with E-state index in [9.17, 15) is 9.59 Å². The Kier molecular flexibility index (Phi) is 4.38. The summed E-state index contributed by atoms with van der Waals surface area (Å²) in [6.07, 6.45) is 3.73. The van der Waals surface area contributed by atoms with Crippen molar-refractivity contribution in [2.45, 2.75) is 19.4 Å². The third-order valence-electron chi connectivity index (χ3n) is 3.73. The molecular formula is C16H14BrN4O2. The second kappa shape index (κ2) is 6.45. The Hall–Kier alpha value is -2.28. The number of fused-ring (bicyclic) bond motifs is 1. The van der Waals surface area contributed by atoms with Crippen molar-refractivity contribution in [1.29, 1.82) is 0 Å².